The number of carbonyl (C=O) groups is 2. The number of amides is 2. The zero-order chi connectivity index (χ0) is 21.2. The Hall–Kier alpha value is -3.33. The molecule has 0 unspecified atom stereocenters. The minimum atomic E-state index is -0.560. The molecule has 0 bridgehead atoms. The SMILES string of the molecule is C=CCOC(=O)NC[C@@H](CNC(=O)c1nc(Cl)c(N)nc1N)Cc1ccccc1. The summed E-state index contributed by atoms with van der Waals surface area (Å²) in [5.41, 5.74) is 12.2. The predicted molar refractivity (Wildman–Crippen MR) is 111 cm³/mol. The molecular formula is C19H23ClN6O3. The van der Waals surface area contributed by atoms with Crippen LogP contribution >= 0.6 is 11.6 Å². The van der Waals surface area contributed by atoms with E-state index in [0.717, 1.165) is 5.56 Å². The number of aromatic nitrogens is 2. The fourth-order valence-electron chi connectivity index (χ4n) is 2.51. The Morgan fingerprint density at radius 1 is 1.14 bits per heavy atom. The Balaban J connectivity index is 2.02. The van der Waals surface area contributed by atoms with Crippen LogP contribution in [0, 0.1) is 5.92 Å². The van der Waals surface area contributed by atoms with Gasteiger partial charge in [-0.05, 0) is 17.9 Å². The number of hydrogen-bond donors (Lipinski definition) is 4. The second-order valence-electron chi connectivity index (χ2n) is 6.17. The third-order valence-corrected chi connectivity index (χ3v) is 4.18. The zero-order valence-electron chi connectivity index (χ0n) is 15.7. The van der Waals surface area contributed by atoms with Crippen LogP contribution in [0.3, 0.4) is 0 Å². The van der Waals surface area contributed by atoms with E-state index in [0.29, 0.717) is 6.42 Å². The van der Waals surface area contributed by atoms with Gasteiger partial charge in [0.2, 0.25) is 0 Å². The smallest absolute Gasteiger partial charge is 0.407 e. The lowest BCUT2D eigenvalue weighted by Crippen LogP contribution is -2.38. The summed E-state index contributed by atoms with van der Waals surface area (Å²) < 4.78 is 4.91. The van der Waals surface area contributed by atoms with Crippen LogP contribution in [0.5, 0.6) is 0 Å². The molecule has 9 nitrogen and oxygen atoms in total. The first-order valence-corrected chi connectivity index (χ1v) is 9.20. The van der Waals surface area contributed by atoms with Crippen LogP contribution in [0.1, 0.15) is 16.1 Å². The average Bonchev–Trinajstić information content (AvgIpc) is 2.71. The summed E-state index contributed by atoms with van der Waals surface area (Å²) in [5, 5.41) is 5.32. The first kappa shape index (κ1) is 22.0. The summed E-state index contributed by atoms with van der Waals surface area (Å²) in [4.78, 5) is 31.8. The van der Waals surface area contributed by atoms with Crippen LogP contribution in [0.15, 0.2) is 43.0 Å². The van der Waals surface area contributed by atoms with Crippen molar-refractivity contribution in [1.82, 2.24) is 20.6 Å². The molecular weight excluding hydrogens is 396 g/mol. The molecule has 0 aliphatic carbocycles. The molecule has 2 aromatic rings. The second kappa shape index (κ2) is 10.9. The van der Waals surface area contributed by atoms with Gasteiger partial charge in [0.05, 0.1) is 0 Å². The number of halogens is 1. The zero-order valence-corrected chi connectivity index (χ0v) is 16.5. The number of rotatable bonds is 9. The van der Waals surface area contributed by atoms with Crippen molar-refractivity contribution in [3.8, 4) is 0 Å². The van der Waals surface area contributed by atoms with Crippen LogP contribution in [-0.4, -0.2) is 41.7 Å². The number of benzene rings is 1. The Morgan fingerprint density at radius 3 is 2.52 bits per heavy atom. The van der Waals surface area contributed by atoms with Gasteiger partial charge in [0.25, 0.3) is 5.91 Å². The number of ether oxygens (including phenoxy) is 1. The van der Waals surface area contributed by atoms with Crippen molar-refractivity contribution in [1.29, 1.82) is 0 Å². The minimum Gasteiger partial charge on any atom is -0.445 e. The van der Waals surface area contributed by atoms with Crippen LogP contribution in [0.4, 0.5) is 16.4 Å². The number of anilines is 2. The van der Waals surface area contributed by atoms with E-state index in [-0.39, 0.29) is 48.1 Å². The molecule has 2 amide bonds. The predicted octanol–water partition coefficient (Wildman–Crippen LogP) is 1.80. The van der Waals surface area contributed by atoms with E-state index in [1.807, 2.05) is 30.3 Å². The molecule has 1 heterocycles. The van der Waals surface area contributed by atoms with Crippen molar-refractivity contribution in [2.24, 2.45) is 5.92 Å². The summed E-state index contributed by atoms with van der Waals surface area (Å²) in [5.74, 6) is -0.819. The Morgan fingerprint density at radius 2 is 1.83 bits per heavy atom. The first-order valence-electron chi connectivity index (χ1n) is 8.82. The first-order chi connectivity index (χ1) is 13.9. The molecule has 1 aromatic heterocycles. The third kappa shape index (κ3) is 6.96. The van der Waals surface area contributed by atoms with E-state index in [4.69, 9.17) is 27.8 Å². The van der Waals surface area contributed by atoms with Crippen LogP contribution in [0.2, 0.25) is 5.15 Å². The number of hydrogen-bond acceptors (Lipinski definition) is 7. The third-order valence-electron chi connectivity index (χ3n) is 3.91. The molecule has 154 valence electrons. The summed E-state index contributed by atoms with van der Waals surface area (Å²) >= 11 is 5.82. The molecule has 0 aliphatic heterocycles. The summed E-state index contributed by atoms with van der Waals surface area (Å²) in [7, 11) is 0. The molecule has 1 atom stereocenters. The van der Waals surface area contributed by atoms with Gasteiger partial charge in [-0.15, -0.1) is 0 Å². The number of nitrogen functional groups attached to an aromatic ring is 2. The standard InChI is InChI=1S/C19H23ClN6O3/c1-2-8-29-19(28)24-11-13(9-12-6-4-3-5-7-12)10-23-18(27)14-16(21)26-17(22)15(20)25-14/h2-7,13H,1,8-11H2,(H,23,27)(H,24,28)(H4,21,22,26)/t13-/m1/s1. The highest BCUT2D eigenvalue weighted by atomic mass is 35.5. The van der Waals surface area contributed by atoms with Crippen LogP contribution in [-0.2, 0) is 11.2 Å². The highest BCUT2D eigenvalue weighted by Gasteiger charge is 2.18. The summed E-state index contributed by atoms with van der Waals surface area (Å²) in [6, 6.07) is 9.69. The maximum atomic E-state index is 12.4. The maximum Gasteiger partial charge on any atom is 0.407 e. The van der Waals surface area contributed by atoms with Crippen molar-refractivity contribution >= 4 is 35.2 Å². The van der Waals surface area contributed by atoms with Crippen molar-refractivity contribution in [2.75, 3.05) is 31.2 Å². The Bertz CT molecular complexity index is 863. The monoisotopic (exact) mass is 418 g/mol. The number of alkyl carbamates (subject to hydrolysis) is 1. The quantitative estimate of drug-likeness (QED) is 0.454. The Labute approximate surface area is 173 Å². The van der Waals surface area contributed by atoms with E-state index in [1.54, 1.807) is 0 Å². The highest BCUT2D eigenvalue weighted by molar-refractivity contribution is 6.31. The fourth-order valence-corrected chi connectivity index (χ4v) is 2.63. The summed E-state index contributed by atoms with van der Waals surface area (Å²) in [6.45, 7) is 4.14. The second-order valence-corrected chi connectivity index (χ2v) is 6.53. The molecule has 0 spiro atoms. The molecule has 0 saturated heterocycles. The largest absolute Gasteiger partial charge is 0.445 e. The molecule has 0 aliphatic rings. The van der Waals surface area contributed by atoms with Gasteiger partial charge >= 0.3 is 6.09 Å². The fraction of sp³-hybridized carbons (Fsp3) is 0.263. The van der Waals surface area contributed by atoms with E-state index in [2.05, 4.69) is 27.2 Å². The lowest BCUT2D eigenvalue weighted by Gasteiger charge is -2.18. The molecule has 0 fully saturated rings. The number of nitrogens with zero attached hydrogens (tertiary/aromatic N) is 2. The van der Waals surface area contributed by atoms with Gasteiger partial charge in [0, 0.05) is 13.1 Å². The van der Waals surface area contributed by atoms with Gasteiger partial charge in [-0.1, -0.05) is 54.6 Å². The van der Waals surface area contributed by atoms with Crippen molar-refractivity contribution in [3.63, 3.8) is 0 Å². The number of nitrogens with two attached hydrogens (primary N) is 2. The normalized spacial score (nSPS) is 11.3. The minimum absolute atomic E-state index is 0.0510. The van der Waals surface area contributed by atoms with Gasteiger partial charge in [0.15, 0.2) is 22.5 Å². The van der Waals surface area contributed by atoms with Crippen LogP contribution < -0.4 is 22.1 Å². The van der Waals surface area contributed by atoms with Gasteiger partial charge in [-0.3, -0.25) is 4.79 Å². The van der Waals surface area contributed by atoms with Crippen molar-refractivity contribution < 1.29 is 14.3 Å². The van der Waals surface area contributed by atoms with Gasteiger partial charge in [0.1, 0.15) is 6.61 Å². The maximum absolute atomic E-state index is 12.4. The number of carbonyl (C=O) groups excluding carboxylic acids is 2. The van der Waals surface area contributed by atoms with E-state index in [9.17, 15) is 9.59 Å². The summed E-state index contributed by atoms with van der Waals surface area (Å²) in [6.07, 6.45) is 1.53. The molecule has 0 saturated carbocycles. The molecule has 1 aromatic carbocycles. The van der Waals surface area contributed by atoms with E-state index >= 15 is 0 Å². The van der Waals surface area contributed by atoms with Crippen molar-refractivity contribution in [2.45, 2.75) is 6.42 Å². The van der Waals surface area contributed by atoms with Crippen molar-refractivity contribution in [3.05, 3.63) is 59.4 Å². The number of nitrogens with one attached hydrogen (secondary N) is 2. The molecule has 0 radical (unpaired) electrons. The molecule has 6 N–H and O–H groups in total. The molecule has 10 heteroatoms. The van der Waals surface area contributed by atoms with Gasteiger partial charge in [-0.2, -0.15) is 0 Å². The molecule has 29 heavy (non-hydrogen) atoms. The van der Waals surface area contributed by atoms with E-state index < -0.39 is 12.0 Å². The highest BCUT2D eigenvalue weighted by Crippen LogP contribution is 2.17. The van der Waals surface area contributed by atoms with Gasteiger partial charge < -0.3 is 26.8 Å². The lowest BCUT2D eigenvalue weighted by molar-refractivity contribution is 0.0942. The lowest BCUT2D eigenvalue weighted by atomic mass is 9.99. The molecule has 2 rings (SSSR count). The van der Waals surface area contributed by atoms with Gasteiger partial charge in [-0.25, -0.2) is 14.8 Å². The Kier molecular flexibility index (Phi) is 8.23. The topological polar surface area (TPSA) is 145 Å². The van der Waals surface area contributed by atoms with E-state index in [1.165, 1.54) is 6.08 Å². The van der Waals surface area contributed by atoms with Crippen LogP contribution in [0.25, 0.3) is 0 Å². The average molecular weight is 419 g/mol.